The van der Waals surface area contributed by atoms with Crippen LogP contribution in [-0.4, -0.2) is 40.4 Å². The van der Waals surface area contributed by atoms with E-state index in [2.05, 4.69) is 29.2 Å². The number of carbonyl (C=O) groups excluding carboxylic acids is 1. The minimum Gasteiger partial charge on any atom is -0.480 e. The van der Waals surface area contributed by atoms with E-state index in [0.29, 0.717) is 6.42 Å². The monoisotopic (exact) mass is 379 g/mol. The molecule has 2 saturated heterocycles. The third-order valence-corrected chi connectivity index (χ3v) is 8.24. The topological polar surface area (TPSA) is 70.8 Å². The molecular weight excluding hydrogens is 354 g/mol. The number of carbonyl (C=O) groups is 2. The summed E-state index contributed by atoms with van der Waals surface area (Å²) in [5.74, 6) is -1.18. The number of rotatable bonds is 3. The first-order valence-corrected chi connectivity index (χ1v) is 9.96. The molecule has 1 aromatic carbocycles. The van der Waals surface area contributed by atoms with Gasteiger partial charge in [-0.05, 0) is 67.8 Å². The second kappa shape index (κ2) is 5.57. The predicted molar refractivity (Wildman–Crippen MR) is 103 cm³/mol. The number of piperidine rings is 2. The van der Waals surface area contributed by atoms with E-state index in [1.54, 1.807) is 12.1 Å². The Kier molecular flexibility index (Phi) is 3.52. The molecule has 5 heteroatoms. The molecule has 3 fully saturated rings. The molecule has 0 amide bonds. The van der Waals surface area contributed by atoms with Crippen LogP contribution in [0.1, 0.15) is 47.9 Å². The maximum Gasteiger partial charge on any atom is 0.319 e. The summed E-state index contributed by atoms with van der Waals surface area (Å²) in [6.07, 6.45) is 2.99. The highest BCUT2D eigenvalue weighted by molar-refractivity contribution is 6.12. The average molecular weight is 379 g/mol. The van der Waals surface area contributed by atoms with E-state index in [9.17, 15) is 14.7 Å². The molecule has 2 aliphatic carbocycles. The van der Waals surface area contributed by atoms with E-state index in [4.69, 9.17) is 4.42 Å². The van der Waals surface area contributed by atoms with Crippen molar-refractivity contribution in [3.05, 3.63) is 59.5 Å². The summed E-state index contributed by atoms with van der Waals surface area (Å²) >= 11 is 0. The Labute approximate surface area is 164 Å². The van der Waals surface area contributed by atoms with E-state index in [1.807, 2.05) is 20.9 Å². The van der Waals surface area contributed by atoms with Gasteiger partial charge in [0.25, 0.3) is 0 Å². The third kappa shape index (κ3) is 1.81. The van der Waals surface area contributed by atoms with Crippen LogP contribution >= 0.6 is 0 Å². The molecule has 6 atom stereocenters. The van der Waals surface area contributed by atoms with Crippen LogP contribution in [0, 0.1) is 17.3 Å². The lowest BCUT2D eigenvalue weighted by atomic mass is 9.41. The molecule has 3 heterocycles. The van der Waals surface area contributed by atoms with Crippen LogP contribution < -0.4 is 0 Å². The smallest absolute Gasteiger partial charge is 0.319 e. The minimum atomic E-state index is -1.52. The Morgan fingerprint density at radius 2 is 1.96 bits per heavy atom. The predicted octanol–water partition coefficient (Wildman–Crippen LogP) is 3.60. The Balaban J connectivity index is 1.72. The van der Waals surface area contributed by atoms with Crippen LogP contribution in [0.15, 0.2) is 47.1 Å². The molecular formula is C23H25NO4. The quantitative estimate of drug-likeness (QED) is 0.652. The van der Waals surface area contributed by atoms with Gasteiger partial charge in [-0.15, -0.1) is 0 Å². The van der Waals surface area contributed by atoms with Gasteiger partial charge in [-0.1, -0.05) is 31.2 Å². The van der Waals surface area contributed by atoms with Gasteiger partial charge in [-0.3, -0.25) is 14.5 Å². The number of aliphatic carboxylic acids is 1. The van der Waals surface area contributed by atoms with Crippen LogP contribution in [-0.2, 0) is 11.2 Å². The van der Waals surface area contributed by atoms with E-state index in [0.717, 1.165) is 6.42 Å². The molecule has 5 nitrogen and oxygen atoms in total. The van der Waals surface area contributed by atoms with Gasteiger partial charge in [0.2, 0.25) is 5.78 Å². The number of ketones is 1. The number of likely N-dealkylation sites (N-methyl/N-ethyl adjacent to an activating group) is 1. The fraction of sp³-hybridized carbons (Fsp3) is 0.478. The van der Waals surface area contributed by atoms with Gasteiger partial charge in [0, 0.05) is 11.6 Å². The normalized spacial score (nSPS) is 38.8. The highest BCUT2D eigenvalue weighted by Crippen LogP contribution is 2.66. The van der Waals surface area contributed by atoms with Crippen molar-refractivity contribution in [1.82, 2.24) is 4.90 Å². The summed E-state index contributed by atoms with van der Waals surface area (Å²) in [5, 5.41) is 10.5. The second-order valence-electron chi connectivity index (χ2n) is 8.95. The molecule has 28 heavy (non-hydrogen) atoms. The van der Waals surface area contributed by atoms with E-state index in [1.165, 1.54) is 17.4 Å². The number of hydrogen-bond donors (Lipinski definition) is 1. The molecule has 1 N–H and O–H groups in total. The molecule has 6 rings (SSSR count). The van der Waals surface area contributed by atoms with Gasteiger partial charge in [-0.2, -0.15) is 0 Å². The fourth-order valence-electron chi connectivity index (χ4n) is 6.97. The first-order chi connectivity index (χ1) is 13.3. The summed E-state index contributed by atoms with van der Waals surface area (Å²) in [7, 11) is 2.00. The van der Waals surface area contributed by atoms with Gasteiger partial charge in [0.05, 0.1) is 6.26 Å². The second-order valence-corrected chi connectivity index (χ2v) is 8.95. The number of carboxylic acids is 1. The van der Waals surface area contributed by atoms with Crippen molar-refractivity contribution >= 4 is 11.8 Å². The first kappa shape index (κ1) is 17.7. The van der Waals surface area contributed by atoms with Crippen molar-refractivity contribution in [2.75, 3.05) is 7.05 Å². The maximum absolute atomic E-state index is 13.6. The molecule has 2 aliphatic heterocycles. The first-order valence-electron chi connectivity index (χ1n) is 9.96. The standard InChI is InChI=1S/C23H25NO4/c1-13-19-16-12-22(2,23(13,21(26)27)20(25)18-9-6-10-28-18)24(3)17(19)11-14-7-4-5-8-15(14)16/h4-10,13,16-17,19H,11-12H2,1-3H3,(H,26,27). The van der Waals surface area contributed by atoms with E-state index in [-0.39, 0.29) is 29.6 Å². The van der Waals surface area contributed by atoms with Crippen LogP contribution in [0.5, 0.6) is 0 Å². The molecule has 1 saturated carbocycles. The van der Waals surface area contributed by atoms with Gasteiger partial charge in [-0.25, -0.2) is 0 Å². The lowest BCUT2D eigenvalue weighted by Gasteiger charge is -2.70. The lowest BCUT2D eigenvalue weighted by Crippen LogP contribution is -2.79. The summed E-state index contributed by atoms with van der Waals surface area (Å²) in [6, 6.07) is 12.0. The zero-order valence-electron chi connectivity index (χ0n) is 16.4. The number of furan rings is 1. The van der Waals surface area contributed by atoms with Gasteiger partial charge < -0.3 is 9.52 Å². The van der Waals surface area contributed by atoms with Gasteiger partial charge in [0.15, 0.2) is 11.2 Å². The molecule has 4 aliphatic rings. The minimum absolute atomic E-state index is 0.122. The highest BCUT2D eigenvalue weighted by atomic mass is 16.4. The highest BCUT2D eigenvalue weighted by Gasteiger charge is 2.75. The van der Waals surface area contributed by atoms with E-state index < -0.39 is 22.7 Å². The van der Waals surface area contributed by atoms with Crippen molar-refractivity contribution in [2.45, 2.75) is 44.2 Å². The SMILES string of the molecule is CC1C2C3CC(C)(N(C)C2Cc2ccccc23)C1(C(=O)O)C(=O)c1ccco1. The Morgan fingerprint density at radius 3 is 2.64 bits per heavy atom. The molecule has 146 valence electrons. The van der Waals surface area contributed by atoms with Crippen LogP contribution in [0.4, 0.5) is 0 Å². The largest absolute Gasteiger partial charge is 0.480 e. The average Bonchev–Trinajstić information content (AvgIpc) is 3.20. The van der Waals surface area contributed by atoms with Crippen molar-refractivity contribution in [1.29, 1.82) is 0 Å². The molecule has 1 aromatic heterocycles. The van der Waals surface area contributed by atoms with E-state index >= 15 is 0 Å². The molecule has 4 bridgehead atoms. The zero-order valence-corrected chi connectivity index (χ0v) is 16.4. The Hall–Kier alpha value is -2.40. The number of benzene rings is 1. The number of carboxylic acid groups (broad SMARTS) is 1. The summed E-state index contributed by atoms with van der Waals surface area (Å²) < 4.78 is 5.38. The molecule has 2 aromatic rings. The van der Waals surface area contributed by atoms with Gasteiger partial charge in [0.1, 0.15) is 0 Å². The van der Waals surface area contributed by atoms with Crippen molar-refractivity contribution in [3.8, 4) is 0 Å². The van der Waals surface area contributed by atoms with Crippen LogP contribution in [0.2, 0.25) is 0 Å². The number of nitrogens with zero attached hydrogens (tertiary/aromatic N) is 1. The fourth-order valence-corrected chi connectivity index (χ4v) is 6.97. The molecule has 0 radical (unpaired) electrons. The zero-order chi connectivity index (χ0) is 19.8. The third-order valence-electron chi connectivity index (χ3n) is 8.24. The van der Waals surface area contributed by atoms with Crippen molar-refractivity contribution < 1.29 is 19.1 Å². The summed E-state index contributed by atoms with van der Waals surface area (Å²) in [4.78, 5) is 28.7. The summed E-state index contributed by atoms with van der Waals surface area (Å²) in [5.41, 5.74) is 0.373. The van der Waals surface area contributed by atoms with Crippen LogP contribution in [0.25, 0.3) is 0 Å². The number of hydrogen-bond acceptors (Lipinski definition) is 4. The molecule has 0 spiro atoms. The lowest BCUT2D eigenvalue weighted by molar-refractivity contribution is -0.202. The van der Waals surface area contributed by atoms with Gasteiger partial charge >= 0.3 is 5.97 Å². The van der Waals surface area contributed by atoms with Crippen molar-refractivity contribution in [2.24, 2.45) is 17.3 Å². The summed E-state index contributed by atoms with van der Waals surface area (Å²) in [6.45, 7) is 3.94. The van der Waals surface area contributed by atoms with Crippen molar-refractivity contribution in [3.63, 3.8) is 0 Å². The Bertz CT molecular complexity index is 967. The molecule has 6 unspecified atom stereocenters. The Morgan fingerprint density at radius 1 is 1.21 bits per heavy atom. The number of fused-ring (bicyclic) bond motifs is 2. The van der Waals surface area contributed by atoms with Crippen LogP contribution in [0.3, 0.4) is 0 Å². The maximum atomic E-state index is 13.6. The number of Topliss-reactive ketones (excluding diaryl/α,β-unsaturated/α-hetero) is 1.